The van der Waals surface area contributed by atoms with Crippen molar-refractivity contribution in [2.75, 3.05) is 18.0 Å². The molecule has 106 valence electrons. The van der Waals surface area contributed by atoms with Crippen LogP contribution in [0.1, 0.15) is 45.2 Å². The molecule has 2 rings (SSSR count). The molecule has 19 heavy (non-hydrogen) atoms. The minimum absolute atomic E-state index is 0.581. The van der Waals surface area contributed by atoms with Crippen LogP contribution in [-0.2, 0) is 12.8 Å². The second-order valence-electron chi connectivity index (χ2n) is 5.88. The fraction of sp³-hybridized carbons (Fsp3) is 0.647. The van der Waals surface area contributed by atoms with E-state index in [4.69, 9.17) is 0 Å². The first-order valence-electron chi connectivity index (χ1n) is 7.77. The zero-order valence-electron chi connectivity index (χ0n) is 12.9. The van der Waals surface area contributed by atoms with Crippen LogP contribution in [0.25, 0.3) is 0 Å². The fourth-order valence-electron chi connectivity index (χ4n) is 3.19. The molecule has 0 aromatic heterocycles. The van der Waals surface area contributed by atoms with E-state index in [9.17, 15) is 0 Å². The number of para-hydroxylation sites is 1. The first-order chi connectivity index (χ1) is 9.15. The second-order valence-corrected chi connectivity index (χ2v) is 5.88. The Labute approximate surface area is 118 Å². The van der Waals surface area contributed by atoms with Gasteiger partial charge < -0.3 is 10.2 Å². The molecule has 2 nitrogen and oxygen atoms in total. The molecule has 1 N–H and O–H groups in total. The molecular formula is C17H28N2. The van der Waals surface area contributed by atoms with E-state index in [0.717, 1.165) is 19.4 Å². The van der Waals surface area contributed by atoms with Crippen LogP contribution in [0.3, 0.4) is 0 Å². The van der Waals surface area contributed by atoms with Gasteiger partial charge in [-0.2, -0.15) is 0 Å². The van der Waals surface area contributed by atoms with Gasteiger partial charge in [-0.3, -0.25) is 0 Å². The lowest BCUT2D eigenvalue weighted by Crippen LogP contribution is -2.37. The number of nitrogens with one attached hydrogen (secondary N) is 1. The maximum Gasteiger partial charge on any atom is 0.0431 e. The fourth-order valence-corrected chi connectivity index (χ4v) is 3.19. The van der Waals surface area contributed by atoms with Crippen molar-refractivity contribution in [3.63, 3.8) is 0 Å². The summed E-state index contributed by atoms with van der Waals surface area (Å²) in [5, 5.41) is 3.67. The van der Waals surface area contributed by atoms with Crippen LogP contribution in [0.4, 0.5) is 5.69 Å². The highest BCUT2D eigenvalue weighted by atomic mass is 15.2. The van der Waals surface area contributed by atoms with Gasteiger partial charge in [-0.05, 0) is 30.4 Å². The second kappa shape index (κ2) is 6.42. The molecular weight excluding hydrogens is 232 g/mol. The lowest BCUT2D eigenvalue weighted by molar-refractivity contribution is 0.492. The van der Waals surface area contributed by atoms with Crippen molar-refractivity contribution in [1.82, 2.24) is 5.32 Å². The number of hydrogen-bond donors (Lipinski definition) is 1. The van der Waals surface area contributed by atoms with Gasteiger partial charge in [0.2, 0.25) is 0 Å². The lowest BCUT2D eigenvalue weighted by Gasteiger charge is -2.25. The van der Waals surface area contributed by atoms with Crippen molar-refractivity contribution < 1.29 is 0 Å². The van der Waals surface area contributed by atoms with Crippen molar-refractivity contribution >= 4 is 5.69 Å². The molecule has 0 bridgehead atoms. The van der Waals surface area contributed by atoms with Crippen LogP contribution in [0.2, 0.25) is 0 Å². The van der Waals surface area contributed by atoms with Crippen LogP contribution >= 0.6 is 0 Å². The number of rotatable bonds is 5. The van der Waals surface area contributed by atoms with Gasteiger partial charge in [0.25, 0.3) is 0 Å². The number of aryl methyl sites for hydroxylation is 2. The Morgan fingerprint density at radius 1 is 1.21 bits per heavy atom. The van der Waals surface area contributed by atoms with Gasteiger partial charge in [0.15, 0.2) is 0 Å². The molecule has 1 heterocycles. The molecule has 1 aliphatic heterocycles. The summed E-state index contributed by atoms with van der Waals surface area (Å²) in [6, 6.07) is 8.02. The summed E-state index contributed by atoms with van der Waals surface area (Å²) in [6.07, 6.45) is 3.52. The Morgan fingerprint density at radius 2 is 1.84 bits per heavy atom. The van der Waals surface area contributed by atoms with Crippen LogP contribution < -0.4 is 10.2 Å². The van der Waals surface area contributed by atoms with E-state index in [1.807, 2.05) is 0 Å². The minimum Gasteiger partial charge on any atom is -0.369 e. The topological polar surface area (TPSA) is 15.3 Å². The summed E-state index contributed by atoms with van der Waals surface area (Å²) in [7, 11) is 0. The van der Waals surface area contributed by atoms with E-state index in [1.165, 1.54) is 29.8 Å². The smallest absolute Gasteiger partial charge is 0.0431 e. The lowest BCUT2D eigenvalue weighted by atomic mass is 10.0. The molecule has 1 atom stereocenters. The molecule has 1 unspecified atom stereocenters. The first-order valence-corrected chi connectivity index (χ1v) is 7.77. The van der Waals surface area contributed by atoms with E-state index < -0.39 is 0 Å². The molecule has 0 amide bonds. The standard InChI is InChI=1S/C17H28N2/c1-5-14-8-7-9-15(6-2)17(14)19-11-10-16(12-19)18-13(3)4/h7-9,13,16,18H,5-6,10-12H2,1-4H3. The average Bonchev–Trinajstić information content (AvgIpc) is 2.84. The maximum absolute atomic E-state index is 3.67. The van der Waals surface area contributed by atoms with Crippen molar-refractivity contribution in [2.24, 2.45) is 0 Å². The molecule has 1 fully saturated rings. The van der Waals surface area contributed by atoms with Crippen LogP contribution in [0.5, 0.6) is 0 Å². The molecule has 0 spiro atoms. The Morgan fingerprint density at radius 3 is 2.37 bits per heavy atom. The monoisotopic (exact) mass is 260 g/mol. The zero-order chi connectivity index (χ0) is 13.8. The van der Waals surface area contributed by atoms with Gasteiger partial charge in [0.1, 0.15) is 0 Å². The zero-order valence-corrected chi connectivity index (χ0v) is 12.9. The molecule has 1 aliphatic rings. The molecule has 0 saturated carbocycles. The molecule has 1 aromatic carbocycles. The Balaban J connectivity index is 2.18. The van der Waals surface area contributed by atoms with Crippen LogP contribution in [0.15, 0.2) is 18.2 Å². The molecule has 0 radical (unpaired) electrons. The summed E-state index contributed by atoms with van der Waals surface area (Å²) in [4.78, 5) is 2.59. The largest absolute Gasteiger partial charge is 0.369 e. The number of hydrogen-bond acceptors (Lipinski definition) is 2. The SMILES string of the molecule is CCc1cccc(CC)c1N1CCC(NC(C)C)C1. The highest BCUT2D eigenvalue weighted by Gasteiger charge is 2.25. The summed E-state index contributed by atoms with van der Waals surface area (Å²) >= 11 is 0. The van der Waals surface area contributed by atoms with E-state index in [-0.39, 0.29) is 0 Å². The quantitative estimate of drug-likeness (QED) is 0.873. The molecule has 0 aliphatic carbocycles. The van der Waals surface area contributed by atoms with E-state index in [1.54, 1.807) is 0 Å². The summed E-state index contributed by atoms with van der Waals surface area (Å²) in [5.74, 6) is 0. The summed E-state index contributed by atoms with van der Waals surface area (Å²) in [5.41, 5.74) is 4.52. The van der Waals surface area contributed by atoms with E-state index in [2.05, 4.69) is 56.1 Å². The van der Waals surface area contributed by atoms with Crippen molar-refractivity contribution in [3.8, 4) is 0 Å². The normalized spacial score (nSPS) is 19.4. The van der Waals surface area contributed by atoms with Crippen molar-refractivity contribution in [1.29, 1.82) is 0 Å². The highest BCUT2D eigenvalue weighted by molar-refractivity contribution is 5.60. The first kappa shape index (κ1) is 14.4. The van der Waals surface area contributed by atoms with Gasteiger partial charge in [0.05, 0.1) is 0 Å². The third-order valence-corrected chi connectivity index (χ3v) is 4.04. The Bertz CT molecular complexity index is 389. The van der Waals surface area contributed by atoms with Crippen molar-refractivity contribution in [2.45, 2.75) is 59.0 Å². The average molecular weight is 260 g/mol. The summed E-state index contributed by atoms with van der Waals surface area (Å²) in [6.45, 7) is 11.3. The predicted molar refractivity (Wildman–Crippen MR) is 84.1 cm³/mol. The van der Waals surface area contributed by atoms with E-state index in [0.29, 0.717) is 12.1 Å². The van der Waals surface area contributed by atoms with Gasteiger partial charge >= 0.3 is 0 Å². The highest BCUT2D eigenvalue weighted by Crippen LogP contribution is 2.29. The van der Waals surface area contributed by atoms with Gasteiger partial charge in [-0.1, -0.05) is 45.9 Å². The van der Waals surface area contributed by atoms with Crippen LogP contribution in [0, 0.1) is 0 Å². The Hall–Kier alpha value is -1.02. The van der Waals surface area contributed by atoms with Crippen LogP contribution in [-0.4, -0.2) is 25.2 Å². The van der Waals surface area contributed by atoms with E-state index >= 15 is 0 Å². The van der Waals surface area contributed by atoms with Crippen molar-refractivity contribution in [3.05, 3.63) is 29.3 Å². The van der Waals surface area contributed by atoms with Gasteiger partial charge in [0, 0.05) is 30.9 Å². The third-order valence-electron chi connectivity index (χ3n) is 4.04. The molecule has 2 heteroatoms. The number of benzene rings is 1. The minimum atomic E-state index is 0.581. The Kier molecular flexibility index (Phi) is 4.87. The number of anilines is 1. The predicted octanol–water partition coefficient (Wildman–Crippen LogP) is 3.39. The maximum atomic E-state index is 3.67. The number of nitrogens with zero attached hydrogens (tertiary/aromatic N) is 1. The summed E-state index contributed by atoms with van der Waals surface area (Å²) < 4.78 is 0. The molecule has 1 saturated heterocycles. The third kappa shape index (κ3) is 3.30. The van der Waals surface area contributed by atoms with Gasteiger partial charge in [-0.25, -0.2) is 0 Å². The van der Waals surface area contributed by atoms with Gasteiger partial charge in [-0.15, -0.1) is 0 Å². The molecule has 1 aromatic rings.